The van der Waals surface area contributed by atoms with Crippen LogP contribution in [0.5, 0.6) is 11.5 Å². The molecule has 6 nitrogen and oxygen atoms in total. The number of hydrogen-bond acceptors (Lipinski definition) is 4. The molecule has 2 amide bonds. The molecule has 0 atom stereocenters. The van der Waals surface area contributed by atoms with Crippen molar-refractivity contribution in [2.75, 3.05) is 41.4 Å². The van der Waals surface area contributed by atoms with Gasteiger partial charge in [0, 0.05) is 41.0 Å². The van der Waals surface area contributed by atoms with Crippen LogP contribution in [0.3, 0.4) is 0 Å². The number of nitrogens with zero attached hydrogens (tertiary/aromatic N) is 2. The van der Waals surface area contributed by atoms with Crippen molar-refractivity contribution in [3.8, 4) is 11.5 Å². The van der Waals surface area contributed by atoms with E-state index in [2.05, 4.69) is 38.1 Å². The fraction of sp³-hybridized carbons (Fsp3) is 0.588. The number of rotatable bonds is 18. The summed E-state index contributed by atoms with van der Waals surface area (Å²) < 4.78 is 11.4. The van der Waals surface area contributed by atoms with E-state index in [0.29, 0.717) is 12.8 Å². The molecule has 2 aromatic rings. The minimum Gasteiger partial charge on any atom is -0.494 e. The Balaban J connectivity index is 0.000000762. The minimum atomic E-state index is 0. The molecular weight excluding hydrogens is 536 g/mol. The van der Waals surface area contributed by atoms with E-state index in [1.807, 2.05) is 24.3 Å². The Morgan fingerprint density at radius 1 is 0.610 bits per heavy atom. The van der Waals surface area contributed by atoms with Gasteiger partial charge in [-0.25, -0.2) is 0 Å². The Morgan fingerprint density at radius 2 is 1.00 bits per heavy atom. The molecule has 0 bridgehead atoms. The number of amides is 2. The lowest BCUT2D eigenvalue weighted by atomic mass is 10.1. The second-order valence-electron chi connectivity index (χ2n) is 10.7. The summed E-state index contributed by atoms with van der Waals surface area (Å²) in [7, 11) is 7.22. The third-order valence-electron chi connectivity index (χ3n) is 6.54. The minimum absolute atomic E-state index is 0. The zero-order valence-electron chi connectivity index (χ0n) is 26.5. The van der Waals surface area contributed by atoms with Gasteiger partial charge in [0.1, 0.15) is 11.5 Å². The monoisotopic (exact) mass is 590 g/mol. The molecule has 0 aliphatic rings. The molecular formula is C34H55ClN2O4. The predicted molar refractivity (Wildman–Crippen MR) is 173 cm³/mol. The summed E-state index contributed by atoms with van der Waals surface area (Å²) in [5, 5.41) is 0. The second kappa shape index (κ2) is 23.9. The number of halogens is 1. The van der Waals surface area contributed by atoms with E-state index in [1.54, 1.807) is 38.0 Å². The third kappa shape index (κ3) is 19.1. The highest BCUT2D eigenvalue weighted by molar-refractivity contribution is 5.85. The van der Waals surface area contributed by atoms with Crippen molar-refractivity contribution in [1.82, 2.24) is 9.80 Å². The van der Waals surface area contributed by atoms with Crippen LogP contribution in [0.4, 0.5) is 0 Å². The maximum absolute atomic E-state index is 11.5. The molecule has 0 saturated carbocycles. The zero-order valence-corrected chi connectivity index (χ0v) is 27.3. The molecule has 2 rings (SSSR count). The number of ether oxygens (including phenoxy) is 2. The highest BCUT2D eigenvalue weighted by atomic mass is 35.5. The Bertz CT molecular complexity index is 888. The van der Waals surface area contributed by atoms with Crippen molar-refractivity contribution < 1.29 is 19.1 Å². The van der Waals surface area contributed by atoms with Gasteiger partial charge in [0.05, 0.1) is 13.2 Å². The quantitative estimate of drug-likeness (QED) is 0.166. The Hall–Kier alpha value is -2.73. The average molecular weight is 591 g/mol. The van der Waals surface area contributed by atoms with Crippen molar-refractivity contribution >= 4 is 24.2 Å². The Kier molecular flexibility index (Phi) is 22.3. The van der Waals surface area contributed by atoms with E-state index in [1.165, 1.54) is 11.1 Å². The van der Waals surface area contributed by atoms with Crippen molar-refractivity contribution in [2.24, 2.45) is 0 Å². The van der Waals surface area contributed by atoms with Gasteiger partial charge in [-0.1, -0.05) is 51.0 Å². The van der Waals surface area contributed by atoms with E-state index >= 15 is 0 Å². The molecule has 0 aliphatic carbocycles. The lowest BCUT2D eigenvalue weighted by Crippen LogP contribution is -2.21. The third-order valence-corrected chi connectivity index (χ3v) is 6.54. The van der Waals surface area contributed by atoms with Gasteiger partial charge in [0.15, 0.2) is 0 Å². The van der Waals surface area contributed by atoms with Gasteiger partial charge in [-0.3, -0.25) is 9.59 Å². The van der Waals surface area contributed by atoms with Gasteiger partial charge in [0.2, 0.25) is 11.8 Å². The first kappa shape index (κ1) is 38.3. The summed E-state index contributed by atoms with van der Waals surface area (Å²) in [6.45, 7) is 5.90. The SMILES string of the molecule is CCCCOc1cccc(CCCCC(=O)N(C)C)c1.CCCCOc1cccc(CCCCC(=O)N(C)C)c1.Cl. The molecule has 7 heteroatoms. The van der Waals surface area contributed by atoms with Crippen molar-refractivity contribution in [3.63, 3.8) is 0 Å². The van der Waals surface area contributed by atoms with Gasteiger partial charge in [0.25, 0.3) is 0 Å². The van der Waals surface area contributed by atoms with Crippen LogP contribution in [0.1, 0.15) is 89.2 Å². The molecule has 2 aromatic carbocycles. The van der Waals surface area contributed by atoms with Crippen LogP contribution in [0.15, 0.2) is 48.5 Å². The largest absolute Gasteiger partial charge is 0.494 e. The number of hydrogen-bond donors (Lipinski definition) is 0. The summed E-state index contributed by atoms with van der Waals surface area (Å²) in [6, 6.07) is 16.6. The molecule has 0 radical (unpaired) electrons. The highest BCUT2D eigenvalue weighted by Gasteiger charge is 2.05. The molecule has 0 saturated heterocycles. The van der Waals surface area contributed by atoms with Crippen molar-refractivity contribution in [1.29, 1.82) is 0 Å². The van der Waals surface area contributed by atoms with Gasteiger partial charge in [-0.15, -0.1) is 12.4 Å². The first-order chi connectivity index (χ1) is 19.3. The summed E-state index contributed by atoms with van der Waals surface area (Å²) in [4.78, 5) is 26.2. The first-order valence-electron chi connectivity index (χ1n) is 15.1. The maximum Gasteiger partial charge on any atom is 0.222 e. The van der Waals surface area contributed by atoms with Gasteiger partial charge >= 0.3 is 0 Å². The summed E-state index contributed by atoms with van der Waals surface area (Å²) in [6.07, 6.45) is 11.7. The van der Waals surface area contributed by atoms with E-state index in [4.69, 9.17) is 9.47 Å². The molecule has 0 spiro atoms. The van der Waals surface area contributed by atoms with E-state index < -0.39 is 0 Å². The fourth-order valence-corrected chi connectivity index (χ4v) is 3.91. The zero-order chi connectivity index (χ0) is 29.6. The Morgan fingerprint density at radius 3 is 1.34 bits per heavy atom. The van der Waals surface area contributed by atoms with Crippen LogP contribution >= 0.6 is 12.4 Å². The van der Waals surface area contributed by atoms with Crippen molar-refractivity contribution in [2.45, 2.75) is 90.9 Å². The van der Waals surface area contributed by atoms with Gasteiger partial charge < -0.3 is 19.3 Å². The lowest BCUT2D eigenvalue weighted by Gasteiger charge is -2.10. The fourth-order valence-electron chi connectivity index (χ4n) is 3.91. The molecule has 0 heterocycles. The lowest BCUT2D eigenvalue weighted by molar-refractivity contribution is -0.129. The van der Waals surface area contributed by atoms with Crippen LogP contribution in [0.25, 0.3) is 0 Å². The van der Waals surface area contributed by atoms with Gasteiger partial charge in [-0.2, -0.15) is 0 Å². The van der Waals surface area contributed by atoms with Crippen LogP contribution < -0.4 is 9.47 Å². The van der Waals surface area contributed by atoms with Crippen LogP contribution in [0.2, 0.25) is 0 Å². The predicted octanol–water partition coefficient (Wildman–Crippen LogP) is 7.75. The molecule has 0 N–H and O–H groups in total. The molecule has 41 heavy (non-hydrogen) atoms. The number of benzene rings is 2. The summed E-state index contributed by atoms with van der Waals surface area (Å²) in [5.41, 5.74) is 2.58. The van der Waals surface area contributed by atoms with Crippen LogP contribution in [0, 0.1) is 0 Å². The Labute approximate surface area is 256 Å². The number of carbonyl (C=O) groups is 2. The summed E-state index contributed by atoms with van der Waals surface area (Å²) in [5.74, 6) is 2.34. The van der Waals surface area contributed by atoms with Crippen LogP contribution in [-0.4, -0.2) is 63.0 Å². The summed E-state index contributed by atoms with van der Waals surface area (Å²) >= 11 is 0. The molecule has 0 aromatic heterocycles. The van der Waals surface area contributed by atoms with E-state index in [0.717, 1.165) is 88.9 Å². The average Bonchev–Trinajstić information content (AvgIpc) is 2.94. The van der Waals surface area contributed by atoms with Crippen LogP contribution in [-0.2, 0) is 22.4 Å². The molecule has 0 unspecified atom stereocenters. The number of carbonyl (C=O) groups excluding carboxylic acids is 2. The smallest absolute Gasteiger partial charge is 0.222 e. The normalized spacial score (nSPS) is 10.1. The highest BCUT2D eigenvalue weighted by Crippen LogP contribution is 2.17. The molecule has 0 fully saturated rings. The second-order valence-corrected chi connectivity index (χ2v) is 10.7. The van der Waals surface area contributed by atoms with E-state index in [9.17, 15) is 9.59 Å². The standard InChI is InChI=1S/2C17H27NO2.ClH/c2*1-4-5-13-20-16-11-8-10-15(14-16)9-6-7-12-17(19)18(2)3;/h2*8,10-11,14H,4-7,9,12-13H2,1-3H3;1H. The first-order valence-corrected chi connectivity index (χ1v) is 15.1. The van der Waals surface area contributed by atoms with Crippen molar-refractivity contribution in [3.05, 3.63) is 59.7 Å². The maximum atomic E-state index is 11.5. The molecule has 0 aliphatic heterocycles. The van der Waals surface area contributed by atoms with E-state index in [-0.39, 0.29) is 24.2 Å². The van der Waals surface area contributed by atoms with Gasteiger partial charge in [-0.05, 0) is 86.8 Å². The topological polar surface area (TPSA) is 59.1 Å². The number of aryl methyl sites for hydroxylation is 2. The number of unbranched alkanes of at least 4 members (excludes halogenated alkanes) is 4. The molecule has 232 valence electrons.